The molecule has 2 aliphatic rings. The van der Waals surface area contributed by atoms with Crippen LogP contribution in [0.2, 0.25) is 0 Å². The van der Waals surface area contributed by atoms with Crippen LogP contribution >= 0.6 is 0 Å². The number of likely N-dealkylation sites (tertiary alicyclic amines) is 2. The van der Waals surface area contributed by atoms with Crippen LogP contribution in [0.5, 0.6) is 0 Å². The van der Waals surface area contributed by atoms with E-state index in [-0.39, 0.29) is 30.4 Å². The molecule has 0 saturated carbocycles. The molecule has 0 bridgehead atoms. The molecule has 31 heavy (non-hydrogen) atoms. The van der Waals surface area contributed by atoms with Crippen molar-refractivity contribution in [3.05, 3.63) is 58.9 Å². The molecule has 2 aliphatic heterocycles. The summed E-state index contributed by atoms with van der Waals surface area (Å²) in [4.78, 5) is 16.7. The van der Waals surface area contributed by atoms with Gasteiger partial charge in [-0.3, -0.25) is 9.69 Å². The van der Waals surface area contributed by atoms with Gasteiger partial charge in [-0.25, -0.2) is 13.2 Å². The van der Waals surface area contributed by atoms with Crippen molar-refractivity contribution in [3.8, 4) is 0 Å². The first kappa shape index (κ1) is 21.6. The van der Waals surface area contributed by atoms with E-state index in [1.807, 2.05) is 6.92 Å². The topological polar surface area (TPSA) is 55.8 Å². The number of carbonyl (C=O) groups excluding carboxylic acids is 1. The van der Waals surface area contributed by atoms with Gasteiger partial charge in [0.1, 0.15) is 11.4 Å². The van der Waals surface area contributed by atoms with Gasteiger partial charge in [-0.15, -0.1) is 0 Å². The number of anilines is 2. The molecule has 2 aromatic rings. The van der Waals surface area contributed by atoms with E-state index in [9.17, 15) is 23.1 Å². The minimum absolute atomic E-state index is 0.0225. The first-order valence-corrected chi connectivity index (χ1v) is 10.5. The Morgan fingerprint density at radius 2 is 1.94 bits per heavy atom. The van der Waals surface area contributed by atoms with E-state index in [0.29, 0.717) is 5.56 Å². The summed E-state index contributed by atoms with van der Waals surface area (Å²) in [6, 6.07) is 6.33. The van der Waals surface area contributed by atoms with Crippen LogP contribution in [0.4, 0.5) is 24.5 Å². The molecule has 0 radical (unpaired) electrons. The number of β-amino-alcohol motifs (C(OH)–C–C–N with tert-alkyl or cyclic N) is 1. The molecule has 2 heterocycles. The molecule has 1 unspecified atom stereocenters. The van der Waals surface area contributed by atoms with Crippen molar-refractivity contribution in [1.82, 2.24) is 9.80 Å². The SMILES string of the molecule is CCN1CCCC1C1(O)CN(C(=O)c2ccc(F)c(F)c2Nc2ccc(C)cc2F)C1. The smallest absolute Gasteiger partial charge is 0.256 e. The van der Waals surface area contributed by atoms with E-state index in [0.717, 1.165) is 32.0 Å². The van der Waals surface area contributed by atoms with Gasteiger partial charge in [0.2, 0.25) is 0 Å². The third-order valence-corrected chi connectivity index (χ3v) is 6.32. The number of likely N-dealkylation sites (N-methyl/N-ethyl adjacent to an activating group) is 1. The summed E-state index contributed by atoms with van der Waals surface area (Å²) in [5.41, 5.74) is -0.933. The third-order valence-electron chi connectivity index (χ3n) is 6.32. The van der Waals surface area contributed by atoms with Crippen LogP contribution in [0.15, 0.2) is 30.3 Å². The van der Waals surface area contributed by atoms with Crippen LogP contribution in [-0.2, 0) is 0 Å². The molecule has 8 heteroatoms. The number of amides is 1. The van der Waals surface area contributed by atoms with E-state index in [2.05, 4.69) is 10.2 Å². The number of halogens is 3. The number of nitrogens with one attached hydrogen (secondary N) is 1. The summed E-state index contributed by atoms with van der Waals surface area (Å²) in [6.07, 6.45) is 1.85. The van der Waals surface area contributed by atoms with Crippen molar-refractivity contribution in [2.45, 2.75) is 38.3 Å². The molecule has 1 amide bonds. The normalized spacial score (nSPS) is 20.6. The van der Waals surface area contributed by atoms with Crippen LogP contribution in [0.3, 0.4) is 0 Å². The van der Waals surface area contributed by atoms with Crippen molar-refractivity contribution in [1.29, 1.82) is 0 Å². The lowest BCUT2D eigenvalue weighted by Gasteiger charge is -2.51. The van der Waals surface area contributed by atoms with Crippen LogP contribution in [0.1, 0.15) is 35.7 Å². The van der Waals surface area contributed by atoms with Crippen molar-refractivity contribution < 1.29 is 23.1 Å². The molecule has 2 aromatic carbocycles. The highest BCUT2D eigenvalue weighted by Crippen LogP contribution is 2.36. The molecule has 0 aliphatic carbocycles. The summed E-state index contributed by atoms with van der Waals surface area (Å²) in [7, 11) is 0. The first-order valence-electron chi connectivity index (χ1n) is 10.5. The van der Waals surface area contributed by atoms with E-state index in [1.165, 1.54) is 23.1 Å². The number of hydrogen-bond acceptors (Lipinski definition) is 4. The fourth-order valence-corrected chi connectivity index (χ4v) is 4.66. The minimum Gasteiger partial charge on any atom is -0.385 e. The fourth-order valence-electron chi connectivity index (χ4n) is 4.66. The van der Waals surface area contributed by atoms with Crippen molar-refractivity contribution >= 4 is 17.3 Å². The predicted molar refractivity (Wildman–Crippen MR) is 112 cm³/mol. The van der Waals surface area contributed by atoms with E-state index < -0.39 is 34.6 Å². The van der Waals surface area contributed by atoms with Gasteiger partial charge in [-0.05, 0) is 62.7 Å². The summed E-state index contributed by atoms with van der Waals surface area (Å²) in [5, 5.41) is 13.6. The number of carbonyl (C=O) groups is 1. The van der Waals surface area contributed by atoms with Gasteiger partial charge >= 0.3 is 0 Å². The average molecular weight is 433 g/mol. The Morgan fingerprint density at radius 1 is 1.19 bits per heavy atom. The van der Waals surface area contributed by atoms with Crippen LogP contribution in [0.25, 0.3) is 0 Å². The highest BCUT2D eigenvalue weighted by molar-refractivity contribution is 6.01. The Kier molecular flexibility index (Phi) is 5.70. The summed E-state index contributed by atoms with van der Waals surface area (Å²) < 4.78 is 42.8. The van der Waals surface area contributed by atoms with Gasteiger partial charge in [0, 0.05) is 6.04 Å². The molecule has 2 fully saturated rings. The molecule has 2 saturated heterocycles. The average Bonchev–Trinajstić information content (AvgIpc) is 3.20. The predicted octanol–water partition coefficient (Wildman–Crippen LogP) is 3.83. The van der Waals surface area contributed by atoms with Gasteiger partial charge in [-0.1, -0.05) is 13.0 Å². The largest absolute Gasteiger partial charge is 0.385 e. The minimum atomic E-state index is -1.26. The lowest BCUT2D eigenvalue weighted by atomic mass is 9.84. The second-order valence-electron chi connectivity index (χ2n) is 8.44. The van der Waals surface area contributed by atoms with Gasteiger partial charge < -0.3 is 15.3 Å². The van der Waals surface area contributed by atoms with Gasteiger partial charge in [0.05, 0.1) is 30.0 Å². The Labute approximate surface area is 179 Å². The third kappa shape index (κ3) is 3.90. The van der Waals surface area contributed by atoms with E-state index >= 15 is 0 Å². The number of benzene rings is 2. The number of hydrogen-bond donors (Lipinski definition) is 2. The molecule has 1 atom stereocenters. The summed E-state index contributed by atoms with van der Waals surface area (Å²) in [6.45, 7) is 5.71. The maximum atomic E-state index is 14.6. The molecule has 0 aromatic heterocycles. The Bertz CT molecular complexity index is 1010. The number of rotatable bonds is 5. The zero-order valence-electron chi connectivity index (χ0n) is 17.6. The standard InChI is InChI=1S/C23H26F3N3O2/c1-3-28-10-4-5-19(28)23(31)12-29(13-23)22(30)15-7-8-16(24)20(26)21(15)27-18-9-6-14(2)11-17(18)25/h6-9,11,19,27,31H,3-5,10,12-13H2,1-2H3. The number of aryl methyl sites for hydroxylation is 1. The second kappa shape index (κ2) is 8.16. The van der Waals surface area contributed by atoms with Crippen molar-refractivity contribution in [2.75, 3.05) is 31.5 Å². The van der Waals surface area contributed by atoms with Crippen molar-refractivity contribution in [2.24, 2.45) is 0 Å². The van der Waals surface area contributed by atoms with Crippen LogP contribution in [0, 0.1) is 24.4 Å². The van der Waals surface area contributed by atoms with E-state index in [1.54, 1.807) is 13.0 Å². The maximum Gasteiger partial charge on any atom is 0.256 e. The summed E-state index contributed by atoms with van der Waals surface area (Å²) >= 11 is 0. The highest BCUT2D eigenvalue weighted by atomic mass is 19.2. The highest BCUT2D eigenvalue weighted by Gasteiger charge is 2.52. The van der Waals surface area contributed by atoms with Crippen molar-refractivity contribution in [3.63, 3.8) is 0 Å². The molecule has 5 nitrogen and oxygen atoms in total. The van der Waals surface area contributed by atoms with E-state index in [4.69, 9.17) is 0 Å². The monoisotopic (exact) mass is 433 g/mol. The van der Waals surface area contributed by atoms with Gasteiger partial charge in [0.25, 0.3) is 5.91 Å². The number of aliphatic hydroxyl groups is 1. The molecule has 2 N–H and O–H groups in total. The molecular weight excluding hydrogens is 407 g/mol. The van der Waals surface area contributed by atoms with Gasteiger partial charge in [0.15, 0.2) is 11.6 Å². The Morgan fingerprint density at radius 3 is 2.61 bits per heavy atom. The Balaban J connectivity index is 1.57. The quantitative estimate of drug-likeness (QED) is 0.753. The van der Waals surface area contributed by atoms with Gasteiger partial charge in [-0.2, -0.15) is 0 Å². The Hall–Kier alpha value is -2.58. The lowest BCUT2D eigenvalue weighted by molar-refractivity contribution is -0.123. The van der Waals surface area contributed by atoms with Crippen LogP contribution < -0.4 is 5.32 Å². The summed E-state index contributed by atoms with van der Waals surface area (Å²) in [5.74, 6) is -3.58. The molecule has 4 rings (SSSR count). The zero-order chi connectivity index (χ0) is 22.3. The molecule has 0 spiro atoms. The lowest BCUT2D eigenvalue weighted by Crippen LogP contribution is -2.70. The number of nitrogens with zero attached hydrogens (tertiary/aromatic N) is 2. The fraction of sp³-hybridized carbons (Fsp3) is 0.435. The molecule has 166 valence electrons. The molecular formula is C23H26F3N3O2. The maximum absolute atomic E-state index is 14.6. The van der Waals surface area contributed by atoms with Crippen LogP contribution in [-0.4, -0.2) is 58.6 Å². The second-order valence-corrected chi connectivity index (χ2v) is 8.44. The first-order chi connectivity index (χ1) is 14.7. The zero-order valence-corrected chi connectivity index (χ0v) is 17.6.